The average Bonchev–Trinajstić information content (AvgIpc) is 2.15. The molecular formula is C10H13NO2RuZn. The third kappa shape index (κ3) is 6.89. The van der Waals surface area contributed by atoms with Crippen molar-refractivity contribution in [1.82, 2.24) is 5.48 Å². The van der Waals surface area contributed by atoms with Crippen LogP contribution < -0.4 is 5.48 Å². The van der Waals surface area contributed by atoms with Crippen LogP contribution in [0, 0.1) is 0 Å². The second-order valence-corrected chi connectivity index (χ2v) is 2.84. The standard InChI is InChI=1S/C10H13NO2.Ru.Zn/c1-8(11-13-9(2)12)10-6-4-3-5-7-10;;/h3-8,11H,1-2H3;;. The fourth-order valence-corrected chi connectivity index (χ4v) is 0.981. The third-order valence-corrected chi connectivity index (χ3v) is 1.68. The van der Waals surface area contributed by atoms with Crippen LogP contribution in [0.1, 0.15) is 25.5 Å². The summed E-state index contributed by atoms with van der Waals surface area (Å²) in [4.78, 5) is 15.2. The summed E-state index contributed by atoms with van der Waals surface area (Å²) >= 11 is 0. The zero-order valence-electron chi connectivity index (χ0n) is 8.84. The van der Waals surface area contributed by atoms with Crippen molar-refractivity contribution in [2.45, 2.75) is 19.9 Å². The molecule has 0 heterocycles. The summed E-state index contributed by atoms with van der Waals surface area (Å²) in [5.41, 5.74) is 3.74. The Labute approximate surface area is 115 Å². The molecule has 1 aromatic rings. The van der Waals surface area contributed by atoms with E-state index >= 15 is 0 Å². The van der Waals surface area contributed by atoms with Gasteiger partial charge in [-0.1, -0.05) is 30.3 Å². The largest absolute Gasteiger partial charge is 0.370 e. The van der Waals surface area contributed by atoms with Crippen molar-refractivity contribution < 1.29 is 48.6 Å². The van der Waals surface area contributed by atoms with E-state index in [1.54, 1.807) is 0 Å². The molecule has 1 N–H and O–H groups in total. The predicted octanol–water partition coefficient (Wildman–Crippen LogP) is 1.81. The predicted molar refractivity (Wildman–Crippen MR) is 49.8 cm³/mol. The van der Waals surface area contributed by atoms with Gasteiger partial charge in [0, 0.05) is 45.9 Å². The molecule has 0 spiro atoms. The summed E-state index contributed by atoms with van der Waals surface area (Å²) in [6.07, 6.45) is 0. The number of hydrogen-bond donors (Lipinski definition) is 1. The molecule has 1 atom stereocenters. The second-order valence-electron chi connectivity index (χ2n) is 2.84. The number of hydroxylamine groups is 1. The number of benzene rings is 1. The smallest absolute Gasteiger partial charge is 0.321 e. The maximum Gasteiger partial charge on any atom is 0.321 e. The Balaban J connectivity index is 0. The number of rotatable bonds is 3. The van der Waals surface area contributed by atoms with E-state index in [1.165, 1.54) is 6.92 Å². The van der Waals surface area contributed by atoms with Crippen LogP contribution in [0.15, 0.2) is 30.3 Å². The van der Waals surface area contributed by atoms with Gasteiger partial charge in [-0.3, -0.25) is 4.79 Å². The molecule has 0 amide bonds. The van der Waals surface area contributed by atoms with Crippen LogP contribution in [0.5, 0.6) is 0 Å². The first-order valence-corrected chi connectivity index (χ1v) is 4.18. The van der Waals surface area contributed by atoms with Gasteiger partial charge in [0.25, 0.3) is 0 Å². The molecule has 0 saturated carbocycles. The Morgan fingerprint density at radius 2 is 1.87 bits per heavy atom. The molecule has 80 valence electrons. The van der Waals surface area contributed by atoms with Crippen molar-refractivity contribution in [3.8, 4) is 0 Å². The summed E-state index contributed by atoms with van der Waals surface area (Å²) in [5.74, 6) is -0.331. The van der Waals surface area contributed by atoms with Gasteiger partial charge in [-0.05, 0) is 12.5 Å². The molecule has 5 heteroatoms. The van der Waals surface area contributed by atoms with Gasteiger partial charge in [0.2, 0.25) is 0 Å². The minimum atomic E-state index is -0.331. The topological polar surface area (TPSA) is 38.3 Å². The molecule has 0 aliphatic heterocycles. The normalized spacial score (nSPS) is 10.5. The summed E-state index contributed by atoms with van der Waals surface area (Å²) in [6, 6.07) is 9.80. The molecular weight excluding hydrogens is 333 g/mol. The van der Waals surface area contributed by atoms with E-state index in [4.69, 9.17) is 0 Å². The first kappa shape index (κ1) is 17.3. The third-order valence-electron chi connectivity index (χ3n) is 1.68. The molecule has 1 unspecified atom stereocenters. The van der Waals surface area contributed by atoms with Crippen LogP contribution in [0.4, 0.5) is 0 Å². The first-order chi connectivity index (χ1) is 6.20. The van der Waals surface area contributed by atoms with Crippen molar-refractivity contribution in [3.63, 3.8) is 0 Å². The van der Waals surface area contributed by atoms with Crippen molar-refractivity contribution >= 4 is 5.97 Å². The Morgan fingerprint density at radius 3 is 2.33 bits per heavy atom. The van der Waals surface area contributed by atoms with Crippen LogP contribution in [-0.2, 0) is 48.6 Å². The van der Waals surface area contributed by atoms with Crippen molar-refractivity contribution in [1.29, 1.82) is 0 Å². The fraction of sp³-hybridized carbons (Fsp3) is 0.300. The average molecular weight is 346 g/mol. The zero-order valence-corrected chi connectivity index (χ0v) is 13.5. The Kier molecular flexibility index (Phi) is 10.5. The molecule has 0 aliphatic rings. The first-order valence-electron chi connectivity index (χ1n) is 4.18. The van der Waals surface area contributed by atoms with Gasteiger partial charge in [0.05, 0.1) is 6.04 Å². The number of nitrogens with one attached hydrogen (secondary N) is 1. The van der Waals surface area contributed by atoms with E-state index in [2.05, 4.69) is 10.3 Å². The number of carbonyl (C=O) groups is 1. The Morgan fingerprint density at radius 1 is 1.33 bits per heavy atom. The Bertz CT molecular complexity index is 282. The van der Waals surface area contributed by atoms with E-state index in [0.717, 1.165) is 5.56 Å². The maximum absolute atomic E-state index is 10.5. The minimum Gasteiger partial charge on any atom is -0.370 e. The van der Waals surface area contributed by atoms with E-state index in [0.29, 0.717) is 0 Å². The number of hydrogen-bond acceptors (Lipinski definition) is 3. The fourth-order valence-electron chi connectivity index (χ4n) is 0.981. The SMILES string of the molecule is CC(=O)ONC(C)c1ccccc1.[Ru].[Zn]. The van der Waals surface area contributed by atoms with Crippen molar-refractivity contribution in [2.24, 2.45) is 0 Å². The van der Waals surface area contributed by atoms with E-state index in [1.807, 2.05) is 37.3 Å². The van der Waals surface area contributed by atoms with Crippen LogP contribution in [0.25, 0.3) is 0 Å². The van der Waals surface area contributed by atoms with Gasteiger partial charge in [0.15, 0.2) is 0 Å². The molecule has 3 nitrogen and oxygen atoms in total. The zero-order chi connectivity index (χ0) is 9.68. The monoisotopic (exact) mass is 345 g/mol. The summed E-state index contributed by atoms with van der Waals surface area (Å²) in [7, 11) is 0. The molecule has 1 aromatic carbocycles. The molecule has 0 aliphatic carbocycles. The molecule has 0 aromatic heterocycles. The minimum absolute atomic E-state index is 0. The van der Waals surface area contributed by atoms with Gasteiger partial charge in [-0.2, -0.15) is 0 Å². The van der Waals surface area contributed by atoms with Crippen LogP contribution >= 0.6 is 0 Å². The summed E-state index contributed by atoms with van der Waals surface area (Å²) in [5, 5.41) is 0. The van der Waals surface area contributed by atoms with Crippen LogP contribution in [0.3, 0.4) is 0 Å². The molecule has 1 rings (SSSR count). The molecule has 0 fully saturated rings. The Hall–Kier alpha value is -0.103. The molecule has 0 bridgehead atoms. The van der Waals surface area contributed by atoms with Crippen molar-refractivity contribution in [3.05, 3.63) is 35.9 Å². The van der Waals surface area contributed by atoms with Gasteiger partial charge < -0.3 is 4.84 Å². The van der Waals surface area contributed by atoms with E-state index in [-0.39, 0.29) is 51.0 Å². The molecule has 0 saturated heterocycles. The van der Waals surface area contributed by atoms with Gasteiger partial charge in [0.1, 0.15) is 0 Å². The summed E-state index contributed by atoms with van der Waals surface area (Å²) < 4.78 is 0. The van der Waals surface area contributed by atoms with Crippen LogP contribution in [-0.4, -0.2) is 5.97 Å². The maximum atomic E-state index is 10.5. The molecule has 0 radical (unpaired) electrons. The van der Waals surface area contributed by atoms with Gasteiger partial charge in [-0.15, -0.1) is 5.48 Å². The molecule has 15 heavy (non-hydrogen) atoms. The summed E-state index contributed by atoms with van der Waals surface area (Å²) in [6.45, 7) is 3.29. The quantitative estimate of drug-likeness (QED) is 0.671. The van der Waals surface area contributed by atoms with E-state index in [9.17, 15) is 4.79 Å². The number of carbonyl (C=O) groups excluding carboxylic acids is 1. The van der Waals surface area contributed by atoms with Crippen LogP contribution in [0.2, 0.25) is 0 Å². The second kappa shape index (κ2) is 9.15. The van der Waals surface area contributed by atoms with Crippen molar-refractivity contribution in [2.75, 3.05) is 0 Å². The van der Waals surface area contributed by atoms with E-state index < -0.39 is 0 Å². The van der Waals surface area contributed by atoms with Gasteiger partial charge in [-0.25, -0.2) is 0 Å². The van der Waals surface area contributed by atoms with Gasteiger partial charge >= 0.3 is 5.97 Å².